The molecule has 0 unspecified atom stereocenters. The molecule has 29 heavy (non-hydrogen) atoms. The van der Waals surface area contributed by atoms with Crippen LogP contribution in [0.15, 0.2) is 54.9 Å². The van der Waals surface area contributed by atoms with E-state index in [-0.39, 0.29) is 18.8 Å². The lowest BCUT2D eigenvalue weighted by molar-refractivity contribution is -0.113. The molecule has 0 spiro atoms. The summed E-state index contributed by atoms with van der Waals surface area (Å²) in [6.45, 7) is 2.06. The Morgan fingerprint density at radius 3 is 2.59 bits per heavy atom. The van der Waals surface area contributed by atoms with Gasteiger partial charge >= 0.3 is 0 Å². The van der Waals surface area contributed by atoms with Crippen LogP contribution in [0.2, 0.25) is 0 Å². The molecule has 1 aliphatic heterocycles. The molecule has 1 fully saturated rings. The van der Waals surface area contributed by atoms with Gasteiger partial charge in [-0.3, -0.25) is 4.68 Å². The predicted molar refractivity (Wildman–Crippen MR) is 113 cm³/mol. The first-order valence-corrected chi connectivity index (χ1v) is 10.1. The summed E-state index contributed by atoms with van der Waals surface area (Å²) >= 11 is 0. The van der Waals surface area contributed by atoms with Crippen LogP contribution in [0.5, 0.6) is 0 Å². The summed E-state index contributed by atoms with van der Waals surface area (Å²) < 4.78 is 7.80. The molecule has 2 N–H and O–H groups in total. The molecule has 2 aromatic carbocycles. The second kappa shape index (κ2) is 8.49. The molecule has 5 nitrogen and oxygen atoms in total. The van der Waals surface area contributed by atoms with E-state index in [0.29, 0.717) is 12.8 Å². The van der Waals surface area contributed by atoms with Crippen LogP contribution in [-0.2, 0) is 18.2 Å². The molecule has 4 rings (SSSR count). The number of rotatable bonds is 5. The van der Waals surface area contributed by atoms with Gasteiger partial charge in [0.25, 0.3) is 0 Å². The fourth-order valence-electron chi connectivity index (χ4n) is 4.01. The minimum atomic E-state index is -0.435. The number of nitrogens with zero attached hydrogens (tertiary/aromatic N) is 2. The quantitative estimate of drug-likeness (QED) is 0.697. The van der Waals surface area contributed by atoms with Crippen molar-refractivity contribution in [3.05, 3.63) is 77.1 Å². The summed E-state index contributed by atoms with van der Waals surface area (Å²) in [6, 6.07) is 15.0. The average Bonchev–Trinajstić information content (AvgIpc) is 3.16. The second-order valence-corrected chi connectivity index (χ2v) is 8.02. The number of aryl methyl sites for hydroxylation is 2. The standard InChI is InChI=1S/C24H28N2O3/c1-16-3-6-19(24-12-22(28)11-23(15-27)29-24)10-20(16)9-17-4-7-18(8-5-17)21-13-25-26(2)14-21/h3-8,10,13-14,22-24,27-28H,9,11-12,15H2,1-2H3/t22-,23-,24+/m0/s1. The average molecular weight is 392 g/mol. The molecule has 0 radical (unpaired) electrons. The number of ether oxygens (including phenoxy) is 1. The summed E-state index contributed by atoms with van der Waals surface area (Å²) in [5.74, 6) is 0. The van der Waals surface area contributed by atoms with Crippen LogP contribution in [0.25, 0.3) is 11.1 Å². The number of hydrogen-bond acceptors (Lipinski definition) is 4. The number of aliphatic hydroxyl groups excluding tert-OH is 2. The Bertz CT molecular complexity index is 965. The predicted octanol–water partition coefficient (Wildman–Crippen LogP) is 3.56. The van der Waals surface area contributed by atoms with Crippen LogP contribution < -0.4 is 0 Å². The fraction of sp³-hybridized carbons (Fsp3) is 0.375. The van der Waals surface area contributed by atoms with Gasteiger partial charge in [0.15, 0.2) is 0 Å². The van der Waals surface area contributed by atoms with Gasteiger partial charge in [0.2, 0.25) is 0 Å². The van der Waals surface area contributed by atoms with Crippen molar-refractivity contribution in [3.8, 4) is 11.1 Å². The normalized spacial score (nSPS) is 22.0. The maximum absolute atomic E-state index is 10.1. The second-order valence-electron chi connectivity index (χ2n) is 8.02. The van der Waals surface area contributed by atoms with Gasteiger partial charge in [0, 0.05) is 31.6 Å². The molecule has 5 heteroatoms. The van der Waals surface area contributed by atoms with Gasteiger partial charge in [-0.25, -0.2) is 0 Å². The first kappa shape index (κ1) is 19.8. The smallest absolute Gasteiger partial charge is 0.0854 e. The monoisotopic (exact) mass is 392 g/mol. The molecule has 0 bridgehead atoms. The Hall–Kier alpha value is -2.47. The summed E-state index contributed by atoms with van der Waals surface area (Å²) in [5, 5.41) is 23.8. The van der Waals surface area contributed by atoms with E-state index in [1.807, 2.05) is 24.1 Å². The van der Waals surface area contributed by atoms with Crippen molar-refractivity contribution in [3.63, 3.8) is 0 Å². The van der Waals surface area contributed by atoms with Gasteiger partial charge in [-0.05, 0) is 41.2 Å². The lowest BCUT2D eigenvalue weighted by Crippen LogP contribution is -2.33. The van der Waals surface area contributed by atoms with Gasteiger partial charge < -0.3 is 14.9 Å². The Labute approximate surface area is 171 Å². The van der Waals surface area contributed by atoms with Crippen LogP contribution in [0.4, 0.5) is 0 Å². The molecule has 152 valence electrons. The Morgan fingerprint density at radius 2 is 1.90 bits per heavy atom. The minimum Gasteiger partial charge on any atom is -0.394 e. The highest BCUT2D eigenvalue weighted by molar-refractivity contribution is 5.62. The Kier molecular flexibility index (Phi) is 5.81. The summed E-state index contributed by atoms with van der Waals surface area (Å²) in [4.78, 5) is 0. The molecule has 1 aliphatic rings. The van der Waals surface area contributed by atoms with Gasteiger partial charge in [0.05, 0.1) is 31.1 Å². The zero-order valence-corrected chi connectivity index (χ0v) is 17.0. The molecular formula is C24H28N2O3. The summed E-state index contributed by atoms with van der Waals surface area (Å²) in [7, 11) is 1.92. The van der Waals surface area contributed by atoms with E-state index in [2.05, 4.69) is 54.5 Å². The summed E-state index contributed by atoms with van der Waals surface area (Å²) in [5.41, 5.74) is 7.07. The van der Waals surface area contributed by atoms with E-state index >= 15 is 0 Å². The first-order chi connectivity index (χ1) is 14.0. The maximum Gasteiger partial charge on any atom is 0.0854 e. The van der Waals surface area contributed by atoms with Crippen LogP contribution in [0.1, 0.15) is 41.2 Å². The third-order valence-corrected chi connectivity index (χ3v) is 5.71. The maximum atomic E-state index is 10.1. The van der Waals surface area contributed by atoms with Gasteiger partial charge in [-0.15, -0.1) is 0 Å². The van der Waals surface area contributed by atoms with Crippen LogP contribution in [-0.4, -0.2) is 38.8 Å². The molecule has 3 aromatic rings. The lowest BCUT2D eigenvalue weighted by atomic mass is 9.92. The van der Waals surface area contributed by atoms with Crippen molar-refractivity contribution in [2.75, 3.05) is 6.61 Å². The highest BCUT2D eigenvalue weighted by atomic mass is 16.5. The van der Waals surface area contributed by atoms with Crippen molar-refractivity contribution in [1.82, 2.24) is 9.78 Å². The molecular weight excluding hydrogens is 364 g/mol. The van der Waals surface area contributed by atoms with Crippen LogP contribution in [0.3, 0.4) is 0 Å². The van der Waals surface area contributed by atoms with E-state index in [9.17, 15) is 10.2 Å². The van der Waals surface area contributed by atoms with Gasteiger partial charge in [-0.2, -0.15) is 5.10 Å². The SMILES string of the molecule is Cc1ccc([C@H]2C[C@@H](O)C[C@@H](CO)O2)cc1Cc1ccc(-c2cnn(C)c2)cc1. The summed E-state index contributed by atoms with van der Waals surface area (Å²) in [6.07, 6.45) is 4.88. The molecule has 0 amide bonds. The molecule has 0 saturated carbocycles. The third-order valence-electron chi connectivity index (χ3n) is 5.71. The number of hydrogen-bond donors (Lipinski definition) is 2. The lowest BCUT2D eigenvalue weighted by Gasteiger charge is -2.32. The van der Waals surface area contributed by atoms with Crippen LogP contribution in [0, 0.1) is 6.92 Å². The van der Waals surface area contributed by atoms with Crippen molar-refractivity contribution >= 4 is 0 Å². The number of aliphatic hydroxyl groups is 2. The Morgan fingerprint density at radius 1 is 1.10 bits per heavy atom. The molecule has 1 aromatic heterocycles. The largest absolute Gasteiger partial charge is 0.394 e. The van der Waals surface area contributed by atoms with Gasteiger partial charge in [0.1, 0.15) is 0 Å². The third kappa shape index (κ3) is 4.58. The van der Waals surface area contributed by atoms with Crippen molar-refractivity contribution in [2.45, 2.75) is 44.5 Å². The molecule has 2 heterocycles. The highest BCUT2D eigenvalue weighted by Crippen LogP contribution is 2.33. The molecule has 3 atom stereocenters. The van der Waals surface area contributed by atoms with Crippen molar-refractivity contribution < 1.29 is 14.9 Å². The molecule has 0 aliphatic carbocycles. The van der Waals surface area contributed by atoms with Crippen molar-refractivity contribution in [2.24, 2.45) is 7.05 Å². The van der Waals surface area contributed by atoms with E-state index in [4.69, 9.17) is 4.74 Å². The zero-order chi connectivity index (χ0) is 20.4. The number of aromatic nitrogens is 2. The van der Waals surface area contributed by atoms with Gasteiger partial charge in [-0.1, -0.05) is 42.5 Å². The highest BCUT2D eigenvalue weighted by Gasteiger charge is 2.29. The molecule has 1 saturated heterocycles. The zero-order valence-electron chi connectivity index (χ0n) is 17.0. The first-order valence-electron chi connectivity index (χ1n) is 10.1. The Balaban J connectivity index is 1.52. The van der Waals surface area contributed by atoms with Crippen LogP contribution >= 0.6 is 0 Å². The topological polar surface area (TPSA) is 67.5 Å². The van der Waals surface area contributed by atoms with E-state index < -0.39 is 6.10 Å². The minimum absolute atomic E-state index is 0.0600. The number of benzene rings is 2. The van der Waals surface area contributed by atoms with Crippen molar-refractivity contribution in [1.29, 1.82) is 0 Å². The fourth-order valence-corrected chi connectivity index (χ4v) is 4.01. The van der Waals surface area contributed by atoms with E-state index in [1.165, 1.54) is 16.7 Å². The van der Waals surface area contributed by atoms with E-state index in [1.54, 1.807) is 0 Å². The van der Waals surface area contributed by atoms with E-state index in [0.717, 1.165) is 23.1 Å².